The van der Waals surface area contributed by atoms with Gasteiger partial charge < -0.3 is 15.1 Å². The van der Waals surface area contributed by atoms with Crippen molar-refractivity contribution in [3.63, 3.8) is 0 Å². The van der Waals surface area contributed by atoms with Gasteiger partial charge in [0.1, 0.15) is 0 Å². The lowest BCUT2D eigenvalue weighted by Gasteiger charge is -2.21. The number of rotatable bonds is 4. The topological polar surface area (TPSA) is 60.8 Å². The monoisotopic (exact) mass is 179 g/mol. The van der Waals surface area contributed by atoms with E-state index in [2.05, 4.69) is 0 Å². The van der Waals surface area contributed by atoms with Gasteiger partial charge in [0.15, 0.2) is 5.67 Å². The van der Waals surface area contributed by atoms with Gasteiger partial charge in [0.2, 0.25) is 5.91 Å². The maximum Gasteiger partial charge on any atom is 0.225 e. The van der Waals surface area contributed by atoms with E-state index in [0.29, 0.717) is 0 Å². The van der Waals surface area contributed by atoms with E-state index in [0.717, 1.165) is 0 Å². The summed E-state index contributed by atoms with van der Waals surface area (Å²) in [4.78, 5) is 12.1. The van der Waals surface area contributed by atoms with E-state index in [-0.39, 0.29) is 0 Å². The quantitative estimate of drug-likeness (QED) is 0.591. The molecule has 0 aromatic heterocycles. The van der Waals surface area contributed by atoms with Crippen LogP contribution < -0.4 is 0 Å². The highest BCUT2D eigenvalue weighted by molar-refractivity contribution is 5.76. The van der Waals surface area contributed by atoms with Crippen LogP contribution in [-0.4, -0.2) is 54.0 Å². The van der Waals surface area contributed by atoms with Crippen molar-refractivity contribution in [2.75, 3.05) is 27.3 Å². The summed E-state index contributed by atoms with van der Waals surface area (Å²) in [5, 5.41) is 17.0. The fraction of sp³-hybridized carbons (Fsp3) is 0.857. The lowest BCUT2D eigenvalue weighted by molar-refractivity contribution is -0.133. The van der Waals surface area contributed by atoms with Crippen molar-refractivity contribution in [2.24, 2.45) is 0 Å². The van der Waals surface area contributed by atoms with Crippen LogP contribution in [0, 0.1) is 0 Å². The summed E-state index contributed by atoms with van der Waals surface area (Å²) in [5.41, 5.74) is -2.19. The Morgan fingerprint density at radius 3 is 2.08 bits per heavy atom. The van der Waals surface area contributed by atoms with E-state index in [4.69, 9.17) is 10.2 Å². The van der Waals surface area contributed by atoms with Gasteiger partial charge in [0, 0.05) is 14.1 Å². The van der Waals surface area contributed by atoms with E-state index < -0.39 is 31.2 Å². The van der Waals surface area contributed by atoms with E-state index in [1.54, 1.807) is 0 Å². The summed E-state index contributed by atoms with van der Waals surface area (Å²) >= 11 is 0. The highest BCUT2D eigenvalue weighted by Crippen LogP contribution is 2.15. The molecule has 72 valence electrons. The minimum atomic E-state index is -2.19. The Morgan fingerprint density at radius 1 is 1.42 bits per heavy atom. The van der Waals surface area contributed by atoms with Crippen LogP contribution in [0.3, 0.4) is 0 Å². The van der Waals surface area contributed by atoms with Crippen LogP contribution in [-0.2, 0) is 4.79 Å². The molecule has 0 saturated heterocycles. The molecule has 12 heavy (non-hydrogen) atoms. The first kappa shape index (κ1) is 11.3. The fourth-order valence-electron chi connectivity index (χ4n) is 0.591. The van der Waals surface area contributed by atoms with Crippen LogP contribution in [0.4, 0.5) is 4.39 Å². The van der Waals surface area contributed by atoms with Crippen molar-refractivity contribution >= 4 is 5.91 Å². The SMILES string of the molecule is CN(C)C(=O)CC(F)(CO)CO. The largest absolute Gasteiger partial charge is 0.393 e. The number of carbonyl (C=O) groups is 1. The number of hydrogen-bond donors (Lipinski definition) is 2. The molecule has 2 N–H and O–H groups in total. The van der Waals surface area contributed by atoms with Gasteiger partial charge in [-0.25, -0.2) is 4.39 Å². The normalized spacial score (nSPS) is 11.4. The molecular formula is C7H14FNO3. The third kappa shape index (κ3) is 3.15. The molecule has 0 aliphatic carbocycles. The predicted octanol–water partition coefficient (Wildman–Crippen LogP) is -0.842. The van der Waals surface area contributed by atoms with Gasteiger partial charge in [0.25, 0.3) is 0 Å². The molecule has 0 fully saturated rings. The number of aliphatic hydroxyl groups is 2. The maximum atomic E-state index is 13.1. The van der Waals surface area contributed by atoms with Crippen LogP contribution in [0.15, 0.2) is 0 Å². The molecule has 0 aliphatic heterocycles. The number of halogens is 1. The van der Waals surface area contributed by atoms with Crippen molar-refractivity contribution < 1.29 is 19.4 Å². The second kappa shape index (κ2) is 4.37. The number of hydrogen-bond acceptors (Lipinski definition) is 3. The van der Waals surface area contributed by atoms with Gasteiger partial charge in [-0.2, -0.15) is 0 Å². The zero-order chi connectivity index (χ0) is 9.78. The van der Waals surface area contributed by atoms with Crippen LogP contribution in [0.1, 0.15) is 6.42 Å². The molecule has 0 rings (SSSR count). The minimum absolute atomic E-state index is 0.458. The Hall–Kier alpha value is -0.680. The van der Waals surface area contributed by atoms with Gasteiger partial charge in [-0.15, -0.1) is 0 Å². The molecule has 4 nitrogen and oxygen atoms in total. The zero-order valence-corrected chi connectivity index (χ0v) is 7.25. The third-order valence-electron chi connectivity index (χ3n) is 1.53. The average molecular weight is 179 g/mol. The molecular weight excluding hydrogens is 165 g/mol. The first-order chi connectivity index (χ1) is 5.45. The van der Waals surface area contributed by atoms with Gasteiger partial charge >= 0.3 is 0 Å². The molecule has 0 bridgehead atoms. The molecule has 5 heteroatoms. The van der Waals surface area contributed by atoms with Gasteiger partial charge in [0.05, 0.1) is 19.6 Å². The molecule has 0 saturated carbocycles. The Morgan fingerprint density at radius 2 is 1.83 bits per heavy atom. The predicted molar refractivity (Wildman–Crippen MR) is 41.3 cm³/mol. The van der Waals surface area contributed by atoms with E-state index in [9.17, 15) is 9.18 Å². The summed E-state index contributed by atoms with van der Waals surface area (Å²) in [6, 6.07) is 0. The standard InChI is InChI=1S/C7H14FNO3/c1-9(2)6(12)3-7(8,4-10)5-11/h10-11H,3-5H2,1-2H3. The van der Waals surface area contributed by atoms with Crippen LogP contribution in [0.5, 0.6) is 0 Å². The van der Waals surface area contributed by atoms with Crippen molar-refractivity contribution in [3.05, 3.63) is 0 Å². The van der Waals surface area contributed by atoms with Crippen molar-refractivity contribution in [3.8, 4) is 0 Å². The van der Waals surface area contributed by atoms with Gasteiger partial charge in [-0.3, -0.25) is 4.79 Å². The lowest BCUT2D eigenvalue weighted by Crippen LogP contribution is -2.38. The number of aliphatic hydroxyl groups excluding tert-OH is 2. The first-order valence-corrected chi connectivity index (χ1v) is 3.56. The van der Waals surface area contributed by atoms with E-state index in [1.807, 2.05) is 0 Å². The minimum Gasteiger partial charge on any atom is -0.393 e. The molecule has 0 aromatic carbocycles. The highest BCUT2D eigenvalue weighted by Gasteiger charge is 2.31. The smallest absolute Gasteiger partial charge is 0.225 e. The van der Waals surface area contributed by atoms with Gasteiger partial charge in [-0.05, 0) is 0 Å². The summed E-state index contributed by atoms with van der Waals surface area (Å²) in [7, 11) is 2.97. The summed E-state index contributed by atoms with van der Waals surface area (Å²) in [6.07, 6.45) is -0.493. The molecule has 0 heterocycles. The number of carbonyl (C=O) groups excluding carboxylic acids is 1. The maximum absolute atomic E-state index is 13.1. The number of alkyl halides is 1. The summed E-state index contributed by atoms with van der Waals surface area (Å²) in [6.45, 7) is -1.69. The second-order valence-corrected chi connectivity index (χ2v) is 2.93. The van der Waals surface area contributed by atoms with E-state index in [1.165, 1.54) is 19.0 Å². The summed E-state index contributed by atoms with van der Waals surface area (Å²) < 4.78 is 13.1. The molecule has 0 radical (unpaired) electrons. The fourth-order valence-corrected chi connectivity index (χ4v) is 0.591. The summed E-state index contributed by atoms with van der Waals surface area (Å²) in [5.74, 6) is -0.458. The van der Waals surface area contributed by atoms with E-state index >= 15 is 0 Å². The molecule has 0 aromatic rings. The Labute approximate surface area is 70.6 Å². The second-order valence-electron chi connectivity index (χ2n) is 2.93. The van der Waals surface area contributed by atoms with Crippen LogP contribution in [0.25, 0.3) is 0 Å². The Balaban J connectivity index is 4.12. The number of amides is 1. The van der Waals surface area contributed by atoms with Crippen LogP contribution >= 0.6 is 0 Å². The average Bonchev–Trinajstić information content (AvgIpc) is 2.04. The zero-order valence-electron chi connectivity index (χ0n) is 7.25. The first-order valence-electron chi connectivity index (χ1n) is 3.56. The van der Waals surface area contributed by atoms with Crippen molar-refractivity contribution in [1.29, 1.82) is 0 Å². The van der Waals surface area contributed by atoms with Crippen molar-refractivity contribution in [2.45, 2.75) is 12.1 Å². The molecule has 0 atom stereocenters. The highest BCUT2D eigenvalue weighted by atomic mass is 19.1. The van der Waals surface area contributed by atoms with Crippen LogP contribution in [0.2, 0.25) is 0 Å². The van der Waals surface area contributed by atoms with Gasteiger partial charge in [-0.1, -0.05) is 0 Å². The Bertz CT molecular complexity index is 157. The number of nitrogens with zero attached hydrogens (tertiary/aromatic N) is 1. The lowest BCUT2D eigenvalue weighted by atomic mass is 10.0. The van der Waals surface area contributed by atoms with Crippen molar-refractivity contribution in [1.82, 2.24) is 4.90 Å². The molecule has 0 unspecified atom stereocenters. The molecule has 1 amide bonds. The Kier molecular flexibility index (Phi) is 4.12. The third-order valence-corrected chi connectivity index (χ3v) is 1.53. The molecule has 0 aliphatic rings. The molecule has 0 spiro atoms.